The van der Waals surface area contributed by atoms with Gasteiger partial charge in [-0.05, 0) is 43.9 Å². The van der Waals surface area contributed by atoms with Crippen LogP contribution in [0.5, 0.6) is 0 Å². The molecule has 22 heavy (non-hydrogen) atoms. The summed E-state index contributed by atoms with van der Waals surface area (Å²) in [5, 5.41) is 12.4. The van der Waals surface area contributed by atoms with E-state index in [2.05, 4.69) is 10.3 Å². The van der Waals surface area contributed by atoms with Crippen LogP contribution < -0.4 is 5.32 Å². The van der Waals surface area contributed by atoms with Crippen LogP contribution >= 0.6 is 0 Å². The van der Waals surface area contributed by atoms with Crippen molar-refractivity contribution in [3.63, 3.8) is 0 Å². The Morgan fingerprint density at radius 2 is 1.86 bits per heavy atom. The van der Waals surface area contributed by atoms with Crippen molar-refractivity contribution in [3.8, 4) is 0 Å². The lowest BCUT2D eigenvalue weighted by molar-refractivity contribution is -0.158. The number of carboxylic acid groups (broad SMARTS) is 1. The van der Waals surface area contributed by atoms with E-state index in [0.717, 1.165) is 38.6 Å². The molecule has 0 unspecified atom stereocenters. The molecule has 120 valence electrons. The second-order valence-corrected chi connectivity index (χ2v) is 6.51. The van der Waals surface area contributed by atoms with E-state index in [4.69, 9.17) is 0 Å². The van der Waals surface area contributed by atoms with Gasteiger partial charge in [0.15, 0.2) is 0 Å². The molecule has 0 spiro atoms. The fourth-order valence-corrected chi connectivity index (χ4v) is 4.19. The van der Waals surface area contributed by atoms with E-state index < -0.39 is 11.9 Å². The SMILES string of the molecule is O=C(O)[C@H]1C2CCC(CC2)[C@@H]1C(=O)NCCCn1ccnc1. The number of hydrogen-bond acceptors (Lipinski definition) is 3. The molecule has 1 aromatic heterocycles. The van der Waals surface area contributed by atoms with E-state index in [0.29, 0.717) is 6.54 Å². The third-order valence-corrected chi connectivity index (χ3v) is 5.26. The van der Waals surface area contributed by atoms with Crippen molar-refractivity contribution in [1.29, 1.82) is 0 Å². The second kappa shape index (κ2) is 6.50. The summed E-state index contributed by atoms with van der Waals surface area (Å²) < 4.78 is 1.97. The summed E-state index contributed by atoms with van der Waals surface area (Å²) in [5.74, 6) is -1.25. The Morgan fingerprint density at radius 1 is 1.18 bits per heavy atom. The minimum absolute atomic E-state index is 0.0626. The molecule has 3 saturated carbocycles. The molecule has 2 atom stereocenters. The van der Waals surface area contributed by atoms with Crippen molar-refractivity contribution in [2.75, 3.05) is 6.54 Å². The third kappa shape index (κ3) is 3.00. The molecule has 0 aliphatic heterocycles. The van der Waals surface area contributed by atoms with E-state index in [-0.39, 0.29) is 23.7 Å². The molecule has 3 aliphatic carbocycles. The van der Waals surface area contributed by atoms with E-state index in [9.17, 15) is 14.7 Å². The molecule has 2 N–H and O–H groups in total. The lowest BCUT2D eigenvalue weighted by Gasteiger charge is -2.45. The quantitative estimate of drug-likeness (QED) is 0.781. The lowest BCUT2D eigenvalue weighted by Crippen LogP contribution is -2.51. The van der Waals surface area contributed by atoms with E-state index in [1.165, 1.54) is 0 Å². The highest BCUT2D eigenvalue weighted by atomic mass is 16.4. The molecule has 6 nitrogen and oxygen atoms in total. The monoisotopic (exact) mass is 305 g/mol. The van der Waals surface area contributed by atoms with Gasteiger partial charge in [0.2, 0.25) is 5.91 Å². The van der Waals surface area contributed by atoms with Crippen LogP contribution in [0.2, 0.25) is 0 Å². The zero-order valence-corrected chi connectivity index (χ0v) is 12.6. The number of nitrogens with one attached hydrogen (secondary N) is 1. The first-order valence-electron chi connectivity index (χ1n) is 8.13. The molecule has 0 aromatic carbocycles. The highest BCUT2D eigenvalue weighted by molar-refractivity contribution is 5.85. The van der Waals surface area contributed by atoms with E-state index in [1.807, 2.05) is 10.8 Å². The van der Waals surface area contributed by atoms with Gasteiger partial charge in [-0.15, -0.1) is 0 Å². The van der Waals surface area contributed by atoms with Crippen LogP contribution in [0.1, 0.15) is 32.1 Å². The minimum atomic E-state index is -0.798. The van der Waals surface area contributed by atoms with Gasteiger partial charge < -0.3 is 15.0 Å². The van der Waals surface area contributed by atoms with Gasteiger partial charge in [0.1, 0.15) is 0 Å². The predicted molar refractivity (Wildman–Crippen MR) is 79.9 cm³/mol. The Morgan fingerprint density at radius 3 is 2.45 bits per heavy atom. The van der Waals surface area contributed by atoms with Crippen molar-refractivity contribution in [1.82, 2.24) is 14.9 Å². The van der Waals surface area contributed by atoms with Crippen LogP contribution in [0.4, 0.5) is 0 Å². The maximum absolute atomic E-state index is 12.5. The zero-order chi connectivity index (χ0) is 15.5. The predicted octanol–water partition coefficient (Wildman–Crippen LogP) is 1.53. The fourth-order valence-electron chi connectivity index (χ4n) is 4.19. The number of fused-ring (bicyclic) bond motifs is 3. The highest BCUT2D eigenvalue weighted by Gasteiger charge is 2.50. The summed E-state index contributed by atoms with van der Waals surface area (Å²) in [5.41, 5.74) is 0. The smallest absolute Gasteiger partial charge is 0.307 e. The summed E-state index contributed by atoms with van der Waals surface area (Å²) in [6, 6.07) is 0. The van der Waals surface area contributed by atoms with Crippen LogP contribution in [0.3, 0.4) is 0 Å². The van der Waals surface area contributed by atoms with Crippen molar-refractivity contribution in [2.24, 2.45) is 23.7 Å². The van der Waals surface area contributed by atoms with Crippen LogP contribution in [0.15, 0.2) is 18.7 Å². The summed E-state index contributed by atoms with van der Waals surface area (Å²) in [4.78, 5) is 28.0. The molecule has 0 saturated heterocycles. The minimum Gasteiger partial charge on any atom is -0.481 e. The molecule has 0 radical (unpaired) electrons. The van der Waals surface area contributed by atoms with E-state index >= 15 is 0 Å². The number of hydrogen-bond donors (Lipinski definition) is 2. The highest BCUT2D eigenvalue weighted by Crippen LogP contribution is 2.49. The van der Waals surface area contributed by atoms with Gasteiger partial charge in [-0.3, -0.25) is 9.59 Å². The molecular weight excluding hydrogens is 282 g/mol. The molecule has 4 rings (SSSR count). The maximum atomic E-state index is 12.5. The van der Waals surface area contributed by atoms with Gasteiger partial charge in [-0.2, -0.15) is 0 Å². The molecular formula is C16H23N3O3. The number of carboxylic acids is 1. The van der Waals surface area contributed by atoms with Crippen molar-refractivity contribution < 1.29 is 14.7 Å². The molecule has 6 heteroatoms. The van der Waals surface area contributed by atoms with Gasteiger partial charge >= 0.3 is 5.97 Å². The Hall–Kier alpha value is -1.85. The third-order valence-electron chi connectivity index (χ3n) is 5.26. The molecule has 2 bridgehead atoms. The van der Waals surface area contributed by atoms with Crippen molar-refractivity contribution in [3.05, 3.63) is 18.7 Å². The van der Waals surface area contributed by atoms with Crippen LogP contribution in [-0.2, 0) is 16.1 Å². The average Bonchev–Trinajstić information content (AvgIpc) is 3.04. The Bertz CT molecular complexity index is 521. The summed E-state index contributed by atoms with van der Waals surface area (Å²) in [6.07, 6.45) is 10.1. The summed E-state index contributed by atoms with van der Waals surface area (Å²) >= 11 is 0. The average molecular weight is 305 g/mol. The Kier molecular flexibility index (Phi) is 4.45. The first-order valence-corrected chi connectivity index (χ1v) is 8.13. The Balaban J connectivity index is 1.53. The van der Waals surface area contributed by atoms with Crippen molar-refractivity contribution >= 4 is 11.9 Å². The first-order chi connectivity index (χ1) is 10.7. The van der Waals surface area contributed by atoms with Gasteiger partial charge in [0, 0.05) is 25.5 Å². The number of nitrogens with zero attached hydrogens (tertiary/aromatic N) is 2. The lowest BCUT2D eigenvalue weighted by atomic mass is 9.58. The number of carbonyl (C=O) groups is 2. The van der Waals surface area contributed by atoms with Gasteiger partial charge in [-0.25, -0.2) is 4.98 Å². The van der Waals surface area contributed by atoms with Gasteiger partial charge in [-0.1, -0.05) is 0 Å². The number of aromatic nitrogens is 2. The standard InChI is InChI=1S/C16H23N3O3/c20-15(18-6-1-8-19-9-7-17-10-19)13-11-2-4-12(5-3-11)14(13)16(21)22/h7,9-14H,1-6,8H2,(H,18,20)(H,21,22)/t11?,12?,13-,14-/m0/s1. The summed E-state index contributed by atoms with van der Waals surface area (Å²) in [7, 11) is 0. The molecule has 1 aromatic rings. The molecule has 3 aliphatic rings. The normalized spacial score (nSPS) is 30.2. The molecule has 1 amide bonds. The Labute approximate surface area is 129 Å². The number of amides is 1. The number of aryl methyl sites for hydroxylation is 1. The van der Waals surface area contributed by atoms with E-state index in [1.54, 1.807) is 12.5 Å². The second-order valence-electron chi connectivity index (χ2n) is 6.51. The fraction of sp³-hybridized carbons (Fsp3) is 0.688. The number of rotatable bonds is 6. The van der Waals surface area contributed by atoms with Gasteiger partial charge in [0.25, 0.3) is 0 Å². The molecule has 1 heterocycles. The van der Waals surface area contributed by atoms with Crippen molar-refractivity contribution in [2.45, 2.75) is 38.6 Å². The first kappa shape index (κ1) is 15.1. The van der Waals surface area contributed by atoms with Crippen LogP contribution in [0, 0.1) is 23.7 Å². The topological polar surface area (TPSA) is 84.2 Å². The van der Waals surface area contributed by atoms with Crippen LogP contribution in [-0.4, -0.2) is 33.1 Å². The number of imidazole rings is 1. The number of carbonyl (C=O) groups excluding carboxylic acids is 1. The number of aliphatic carboxylic acids is 1. The van der Waals surface area contributed by atoms with Gasteiger partial charge in [0.05, 0.1) is 18.2 Å². The largest absolute Gasteiger partial charge is 0.481 e. The maximum Gasteiger partial charge on any atom is 0.307 e. The molecule has 3 fully saturated rings. The summed E-state index contributed by atoms with van der Waals surface area (Å²) in [6.45, 7) is 1.39. The van der Waals surface area contributed by atoms with Crippen LogP contribution in [0.25, 0.3) is 0 Å². The zero-order valence-electron chi connectivity index (χ0n) is 12.6.